The summed E-state index contributed by atoms with van der Waals surface area (Å²) < 4.78 is 0. The summed E-state index contributed by atoms with van der Waals surface area (Å²) in [6, 6.07) is 4.68. The molecule has 1 atom stereocenters. The van der Waals surface area contributed by atoms with Crippen molar-refractivity contribution in [3.63, 3.8) is 0 Å². The Balaban J connectivity index is 2.22. The van der Waals surface area contributed by atoms with Crippen LogP contribution in [0.5, 0.6) is 0 Å². The lowest BCUT2D eigenvalue weighted by Gasteiger charge is -2.16. The number of hydrogen-bond acceptors (Lipinski definition) is 2. The second-order valence-electron chi connectivity index (χ2n) is 7.90. The van der Waals surface area contributed by atoms with Crippen LogP contribution in [0.1, 0.15) is 64.3 Å². The van der Waals surface area contributed by atoms with Crippen LogP contribution >= 0.6 is 11.3 Å². The Bertz CT molecular complexity index is 434. The molecule has 0 spiro atoms. The minimum Gasteiger partial charge on any atom is -0.323 e. The normalized spacial score (nSPS) is 24.0. The SMILES string of the molecule is CC(C)(C)c1ccc(C(N)C2C(C)(C)C2(C)C)s1. The lowest BCUT2D eigenvalue weighted by atomic mass is 9.95. The molecule has 1 fully saturated rings. The summed E-state index contributed by atoms with van der Waals surface area (Å²) in [6.45, 7) is 16.2. The molecule has 1 saturated carbocycles. The zero-order valence-corrected chi connectivity index (χ0v) is 13.6. The Morgan fingerprint density at radius 1 is 1.11 bits per heavy atom. The van der Waals surface area contributed by atoms with Crippen molar-refractivity contribution < 1.29 is 0 Å². The molecule has 0 amide bonds. The van der Waals surface area contributed by atoms with E-state index in [9.17, 15) is 0 Å². The van der Waals surface area contributed by atoms with Gasteiger partial charge in [0.2, 0.25) is 0 Å². The highest BCUT2D eigenvalue weighted by molar-refractivity contribution is 7.12. The van der Waals surface area contributed by atoms with E-state index in [0.717, 1.165) is 0 Å². The summed E-state index contributed by atoms with van der Waals surface area (Å²) in [5.41, 5.74) is 7.47. The predicted octanol–water partition coefficient (Wildman–Crippen LogP) is 4.73. The van der Waals surface area contributed by atoms with Gasteiger partial charge in [-0.05, 0) is 34.3 Å². The van der Waals surface area contributed by atoms with E-state index in [4.69, 9.17) is 5.73 Å². The number of thiophene rings is 1. The van der Waals surface area contributed by atoms with E-state index in [2.05, 4.69) is 60.6 Å². The van der Waals surface area contributed by atoms with Crippen LogP contribution in [0, 0.1) is 16.7 Å². The van der Waals surface area contributed by atoms with E-state index in [1.807, 2.05) is 11.3 Å². The van der Waals surface area contributed by atoms with E-state index >= 15 is 0 Å². The summed E-state index contributed by atoms with van der Waals surface area (Å²) in [5.74, 6) is 0.594. The molecule has 1 aromatic rings. The van der Waals surface area contributed by atoms with Crippen molar-refractivity contribution in [2.24, 2.45) is 22.5 Å². The lowest BCUT2D eigenvalue weighted by molar-refractivity contribution is 0.457. The third-order valence-electron chi connectivity index (χ3n) is 5.19. The lowest BCUT2D eigenvalue weighted by Crippen LogP contribution is -2.15. The molecule has 2 heteroatoms. The van der Waals surface area contributed by atoms with Crippen molar-refractivity contribution in [3.8, 4) is 0 Å². The van der Waals surface area contributed by atoms with E-state index in [-0.39, 0.29) is 11.5 Å². The third-order valence-corrected chi connectivity index (χ3v) is 6.80. The first-order valence-electron chi connectivity index (χ1n) is 6.85. The van der Waals surface area contributed by atoms with Crippen molar-refractivity contribution in [2.75, 3.05) is 0 Å². The third kappa shape index (κ3) is 1.94. The molecule has 0 bridgehead atoms. The molecule has 1 heterocycles. The Kier molecular flexibility index (Phi) is 3.00. The Morgan fingerprint density at radius 2 is 1.61 bits per heavy atom. The van der Waals surface area contributed by atoms with Crippen LogP contribution in [0.2, 0.25) is 0 Å². The fourth-order valence-electron chi connectivity index (χ4n) is 3.24. The summed E-state index contributed by atoms with van der Waals surface area (Å²) in [6.07, 6.45) is 0. The molecule has 18 heavy (non-hydrogen) atoms. The molecule has 0 aliphatic heterocycles. The molecule has 2 N–H and O–H groups in total. The number of hydrogen-bond donors (Lipinski definition) is 1. The highest BCUT2D eigenvalue weighted by atomic mass is 32.1. The second-order valence-corrected chi connectivity index (χ2v) is 9.01. The topological polar surface area (TPSA) is 26.0 Å². The maximum absolute atomic E-state index is 6.52. The van der Waals surface area contributed by atoms with Crippen molar-refractivity contribution in [2.45, 2.75) is 59.9 Å². The van der Waals surface area contributed by atoms with Crippen LogP contribution in [0.15, 0.2) is 12.1 Å². The van der Waals surface area contributed by atoms with Crippen molar-refractivity contribution in [1.29, 1.82) is 0 Å². The summed E-state index contributed by atoms with van der Waals surface area (Å²) in [7, 11) is 0. The van der Waals surface area contributed by atoms with Gasteiger partial charge in [-0.25, -0.2) is 0 Å². The fourth-order valence-corrected chi connectivity index (χ4v) is 4.35. The molecular weight excluding hydrogens is 238 g/mol. The van der Waals surface area contributed by atoms with E-state index in [1.165, 1.54) is 9.75 Å². The van der Waals surface area contributed by atoms with Gasteiger partial charge in [0.05, 0.1) is 0 Å². The molecule has 0 saturated heterocycles. The highest BCUT2D eigenvalue weighted by Gasteiger charge is 2.66. The maximum atomic E-state index is 6.52. The number of nitrogens with two attached hydrogens (primary N) is 1. The van der Waals surface area contributed by atoms with Gasteiger partial charge >= 0.3 is 0 Å². The minimum atomic E-state index is 0.191. The van der Waals surface area contributed by atoms with Gasteiger partial charge < -0.3 is 5.73 Å². The molecule has 1 aliphatic carbocycles. The van der Waals surface area contributed by atoms with Crippen molar-refractivity contribution >= 4 is 11.3 Å². The predicted molar refractivity (Wildman–Crippen MR) is 81.0 cm³/mol. The Morgan fingerprint density at radius 3 is 1.94 bits per heavy atom. The van der Waals surface area contributed by atoms with Gasteiger partial charge in [0, 0.05) is 15.8 Å². The Labute approximate surface area is 116 Å². The molecular formula is C16H27NS. The van der Waals surface area contributed by atoms with Crippen LogP contribution in [-0.4, -0.2) is 0 Å². The quantitative estimate of drug-likeness (QED) is 0.822. The van der Waals surface area contributed by atoms with Crippen LogP contribution < -0.4 is 5.73 Å². The first-order chi connectivity index (χ1) is 7.99. The van der Waals surface area contributed by atoms with Gasteiger partial charge in [0.1, 0.15) is 0 Å². The smallest absolute Gasteiger partial charge is 0.0429 e. The van der Waals surface area contributed by atoms with Crippen LogP contribution in [0.4, 0.5) is 0 Å². The van der Waals surface area contributed by atoms with Gasteiger partial charge in [0.25, 0.3) is 0 Å². The summed E-state index contributed by atoms with van der Waals surface area (Å²) in [4.78, 5) is 2.78. The number of rotatable bonds is 2. The molecule has 102 valence electrons. The molecule has 2 rings (SSSR count). The highest BCUT2D eigenvalue weighted by Crippen LogP contribution is 2.72. The summed E-state index contributed by atoms with van der Waals surface area (Å²) >= 11 is 1.89. The van der Waals surface area contributed by atoms with Gasteiger partial charge in [-0.2, -0.15) is 0 Å². The van der Waals surface area contributed by atoms with Crippen LogP contribution in [0.25, 0.3) is 0 Å². The average Bonchev–Trinajstić information content (AvgIpc) is 2.57. The van der Waals surface area contributed by atoms with Crippen LogP contribution in [-0.2, 0) is 5.41 Å². The maximum Gasteiger partial charge on any atom is 0.0429 e. The largest absolute Gasteiger partial charge is 0.323 e. The molecule has 1 aliphatic rings. The first kappa shape index (κ1) is 14.1. The summed E-state index contributed by atoms with van der Waals surface area (Å²) in [5, 5.41) is 0. The van der Waals surface area contributed by atoms with Gasteiger partial charge in [-0.15, -0.1) is 11.3 Å². The van der Waals surface area contributed by atoms with Gasteiger partial charge in [-0.3, -0.25) is 0 Å². The molecule has 0 radical (unpaired) electrons. The average molecular weight is 265 g/mol. The van der Waals surface area contributed by atoms with Crippen molar-refractivity contribution in [3.05, 3.63) is 21.9 Å². The minimum absolute atomic E-state index is 0.191. The van der Waals surface area contributed by atoms with E-state index in [0.29, 0.717) is 16.7 Å². The Hall–Kier alpha value is -0.340. The van der Waals surface area contributed by atoms with E-state index < -0.39 is 0 Å². The zero-order chi connectivity index (χ0) is 13.9. The van der Waals surface area contributed by atoms with Crippen molar-refractivity contribution in [1.82, 2.24) is 0 Å². The monoisotopic (exact) mass is 265 g/mol. The van der Waals surface area contributed by atoms with Crippen LogP contribution in [0.3, 0.4) is 0 Å². The van der Waals surface area contributed by atoms with Gasteiger partial charge in [0.15, 0.2) is 0 Å². The molecule has 1 aromatic heterocycles. The zero-order valence-electron chi connectivity index (χ0n) is 12.8. The van der Waals surface area contributed by atoms with E-state index in [1.54, 1.807) is 0 Å². The first-order valence-corrected chi connectivity index (χ1v) is 7.67. The molecule has 1 nitrogen and oxygen atoms in total. The fraction of sp³-hybridized carbons (Fsp3) is 0.750. The molecule has 0 aromatic carbocycles. The molecule has 1 unspecified atom stereocenters. The second kappa shape index (κ2) is 3.83. The van der Waals surface area contributed by atoms with Gasteiger partial charge in [-0.1, -0.05) is 48.5 Å². The standard InChI is InChI=1S/C16H27NS/c1-14(2,3)11-9-8-10(18-11)12(17)13-15(4,5)16(13,6)7/h8-9,12-13H,17H2,1-7H3.